The van der Waals surface area contributed by atoms with Crippen molar-refractivity contribution in [1.82, 2.24) is 20.2 Å². The number of aromatic nitrogens is 2. The molecule has 1 unspecified atom stereocenters. The van der Waals surface area contributed by atoms with Crippen LogP contribution in [0.1, 0.15) is 18.9 Å². The molecule has 0 radical (unpaired) electrons. The minimum Gasteiger partial charge on any atom is -0.313 e. The van der Waals surface area contributed by atoms with Crippen LogP contribution in [0.3, 0.4) is 0 Å². The Hall–Kier alpha value is -0.220. The van der Waals surface area contributed by atoms with Crippen molar-refractivity contribution >= 4 is 33.5 Å². The summed E-state index contributed by atoms with van der Waals surface area (Å²) >= 11 is 3.72. The predicted molar refractivity (Wildman–Crippen MR) is 89.3 cm³/mol. The van der Waals surface area contributed by atoms with Crippen molar-refractivity contribution in [3.63, 3.8) is 0 Å². The lowest BCUT2D eigenvalue weighted by Crippen LogP contribution is -2.34. The van der Waals surface area contributed by atoms with Gasteiger partial charge in [-0.3, -0.25) is 5.10 Å². The topological polar surface area (TPSA) is 86.9 Å². The van der Waals surface area contributed by atoms with Crippen LogP contribution in [0.2, 0.25) is 0 Å². The van der Waals surface area contributed by atoms with E-state index in [1.807, 2.05) is 23.5 Å². The first-order chi connectivity index (χ1) is 10.1. The molecule has 0 aromatic carbocycles. The summed E-state index contributed by atoms with van der Waals surface area (Å²) in [5.41, 5.74) is 0.682. The van der Waals surface area contributed by atoms with E-state index in [1.165, 1.54) is 0 Å². The van der Waals surface area contributed by atoms with Crippen LogP contribution in [0, 0.1) is 0 Å². The molecule has 1 aromatic rings. The summed E-state index contributed by atoms with van der Waals surface area (Å²) in [4.78, 5) is 0. The fourth-order valence-electron chi connectivity index (χ4n) is 1.99. The van der Waals surface area contributed by atoms with Crippen molar-refractivity contribution in [3.8, 4) is 0 Å². The third-order valence-electron chi connectivity index (χ3n) is 3.08. The molecule has 1 atom stereocenters. The lowest BCUT2D eigenvalue weighted by Gasteiger charge is -2.21. The molecule has 1 aliphatic heterocycles. The Labute approximate surface area is 134 Å². The Morgan fingerprint density at radius 1 is 1.48 bits per heavy atom. The molecule has 2 heterocycles. The van der Waals surface area contributed by atoms with Gasteiger partial charge in [0.1, 0.15) is 0 Å². The van der Waals surface area contributed by atoms with Crippen LogP contribution >= 0.6 is 23.5 Å². The Morgan fingerprint density at radius 2 is 2.33 bits per heavy atom. The van der Waals surface area contributed by atoms with Gasteiger partial charge in [-0.25, -0.2) is 13.1 Å². The van der Waals surface area contributed by atoms with Gasteiger partial charge in [-0.1, -0.05) is 6.92 Å². The summed E-state index contributed by atoms with van der Waals surface area (Å²) in [5.74, 6) is 3.25. The average molecular weight is 351 g/mol. The first-order valence-electron chi connectivity index (χ1n) is 7.05. The quantitative estimate of drug-likeness (QED) is 0.607. The van der Waals surface area contributed by atoms with Gasteiger partial charge in [0.05, 0.1) is 6.20 Å². The third kappa shape index (κ3) is 5.17. The Balaban J connectivity index is 1.93. The van der Waals surface area contributed by atoms with E-state index in [2.05, 4.69) is 27.2 Å². The molecule has 0 saturated carbocycles. The molecule has 0 amide bonds. The zero-order valence-electron chi connectivity index (χ0n) is 12.1. The van der Waals surface area contributed by atoms with E-state index < -0.39 is 10.0 Å². The number of aromatic amines is 1. The molecule has 1 aliphatic rings. The number of thioether (sulfide) groups is 2. The molecule has 3 N–H and O–H groups in total. The smallest absolute Gasteiger partial charge is 0.257 e. The first kappa shape index (κ1) is 17.1. The van der Waals surface area contributed by atoms with Crippen molar-refractivity contribution in [2.24, 2.45) is 0 Å². The van der Waals surface area contributed by atoms with Crippen LogP contribution in [-0.2, 0) is 16.6 Å². The van der Waals surface area contributed by atoms with Gasteiger partial charge in [0.15, 0.2) is 5.03 Å². The number of H-pyrrole nitrogens is 1. The van der Waals surface area contributed by atoms with Gasteiger partial charge >= 0.3 is 0 Å². The van der Waals surface area contributed by atoms with Gasteiger partial charge in [0.2, 0.25) is 0 Å². The van der Waals surface area contributed by atoms with Gasteiger partial charge in [0, 0.05) is 41.2 Å². The molecule has 1 aromatic heterocycles. The number of sulfonamides is 1. The molecule has 6 nitrogen and oxygen atoms in total. The highest BCUT2D eigenvalue weighted by Gasteiger charge is 2.23. The van der Waals surface area contributed by atoms with E-state index in [-0.39, 0.29) is 5.03 Å². The molecule has 0 bridgehead atoms. The molecular formula is C12H22N4O2S3. The monoisotopic (exact) mass is 350 g/mol. The number of rotatable bonds is 8. The standard InChI is InChI=1S/C12H22N4O2S3/c1-2-3-13-6-10-7-14-16-12(10)21(17,18)15-8-11-9-19-4-5-20-11/h7,11,13,15H,2-6,8-9H2,1H3,(H,14,16). The maximum absolute atomic E-state index is 12.4. The molecule has 1 fully saturated rings. The Bertz CT molecular complexity index is 526. The van der Waals surface area contributed by atoms with Crippen molar-refractivity contribution in [1.29, 1.82) is 0 Å². The van der Waals surface area contributed by atoms with Gasteiger partial charge < -0.3 is 5.32 Å². The zero-order chi connectivity index (χ0) is 15.1. The number of nitrogens with zero attached hydrogens (tertiary/aromatic N) is 1. The molecule has 2 rings (SSSR count). The van der Waals surface area contributed by atoms with Gasteiger partial charge in [-0.2, -0.15) is 28.6 Å². The Kier molecular flexibility index (Phi) is 6.87. The van der Waals surface area contributed by atoms with E-state index in [0.29, 0.717) is 23.9 Å². The largest absolute Gasteiger partial charge is 0.313 e. The SMILES string of the molecule is CCCNCc1cn[nH]c1S(=O)(=O)NCC1CSCCS1. The second-order valence-corrected chi connectivity index (χ2v) is 9.08. The molecule has 0 aliphatic carbocycles. The molecule has 9 heteroatoms. The van der Waals surface area contributed by atoms with E-state index in [4.69, 9.17) is 0 Å². The summed E-state index contributed by atoms with van der Waals surface area (Å²) in [5, 5.41) is 10.2. The summed E-state index contributed by atoms with van der Waals surface area (Å²) in [7, 11) is -3.51. The second kappa shape index (κ2) is 8.42. The molecular weight excluding hydrogens is 328 g/mol. The first-order valence-corrected chi connectivity index (χ1v) is 10.7. The van der Waals surface area contributed by atoms with E-state index in [1.54, 1.807) is 6.20 Å². The average Bonchev–Trinajstić information content (AvgIpc) is 2.96. The number of hydrogen-bond donors (Lipinski definition) is 3. The molecule has 21 heavy (non-hydrogen) atoms. The number of nitrogens with one attached hydrogen (secondary N) is 3. The van der Waals surface area contributed by atoms with Gasteiger partial charge in [0.25, 0.3) is 10.0 Å². The van der Waals surface area contributed by atoms with Crippen molar-refractivity contribution < 1.29 is 8.42 Å². The second-order valence-electron chi connectivity index (χ2n) is 4.82. The highest BCUT2D eigenvalue weighted by Crippen LogP contribution is 2.23. The fraction of sp³-hybridized carbons (Fsp3) is 0.750. The molecule has 1 saturated heterocycles. The zero-order valence-corrected chi connectivity index (χ0v) is 14.5. The summed E-state index contributed by atoms with van der Waals surface area (Å²) < 4.78 is 27.4. The summed E-state index contributed by atoms with van der Waals surface area (Å²) in [6.45, 7) is 3.91. The third-order valence-corrected chi connectivity index (χ3v) is 7.36. The van der Waals surface area contributed by atoms with E-state index >= 15 is 0 Å². The molecule has 0 spiro atoms. The maximum atomic E-state index is 12.4. The maximum Gasteiger partial charge on any atom is 0.257 e. The minimum atomic E-state index is -3.51. The minimum absolute atomic E-state index is 0.180. The van der Waals surface area contributed by atoms with Crippen molar-refractivity contribution in [3.05, 3.63) is 11.8 Å². The number of hydrogen-bond acceptors (Lipinski definition) is 6. The summed E-state index contributed by atoms with van der Waals surface area (Å²) in [6.07, 6.45) is 2.58. The van der Waals surface area contributed by atoms with Crippen LogP contribution in [-0.4, -0.2) is 54.2 Å². The molecule has 120 valence electrons. The van der Waals surface area contributed by atoms with Crippen molar-refractivity contribution in [2.45, 2.75) is 30.2 Å². The fourth-order valence-corrected chi connectivity index (χ4v) is 5.91. The summed E-state index contributed by atoms with van der Waals surface area (Å²) in [6, 6.07) is 0. The normalized spacial score (nSPS) is 19.8. The van der Waals surface area contributed by atoms with Crippen molar-refractivity contribution in [2.75, 3.05) is 30.3 Å². The van der Waals surface area contributed by atoms with E-state index in [0.717, 1.165) is 30.2 Å². The Morgan fingerprint density at radius 3 is 3.05 bits per heavy atom. The van der Waals surface area contributed by atoms with Crippen LogP contribution in [0.5, 0.6) is 0 Å². The lowest BCUT2D eigenvalue weighted by molar-refractivity contribution is 0.574. The lowest BCUT2D eigenvalue weighted by atomic mass is 10.3. The van der Waals surface area contributed by atoms with Crippen LogP contribution in [0.15, 0.2) is 11.2 Å². The van der Waals surface area contributed by atoms with Gasteiger partial charge in [-0.15, -0.1) is 0 Å². The van der Waals surface area contributed by atoms with Gasteiger partial charge in [-0.05, 0) is 13.0 Å². The van der Waals surface area contributed by atoms with Crippen LogP contribution < -0.4 is 10.0 Å². The predicted octanol–water partition coefficient (Wildman–Crippen LogP) is 1.04. The van der Waals surface area contributed by atoms with Crippen LogP contribution in [0.4, 0.5) is 0 Å². The highest BCUT2D eigenvalue weighted by molar-refractivity contribution is 8.06. The van der Waals surface area contributed by atoms with Crippen LogP contribution in [0.25, 0.3) is 0 Å². The highest BCUT2D eigenvalue weighted by atomic mass is 32.2. The van der Waals surface area contributed by atoms with E-state index in [9.17, 15) is 8.42 Å².